The van der Waals surface area contributed by atoms with Crippen molar-refractivity contribution in [1.29, 1.82) is 0 Å². The molecule has 0 aliphatic rings. The molecule has 0 fully saturated rings. The fraction of sp³-hybridized carbons (Fsp3) is 0.100. The van der Waals surface area contributed by atoms with Crippen molar-refractivity contribution in [3.05, 3.63) is 72.2 Å². The lowest BCUT2D eigenvalue weighted by Gasteiger charge is -2.04. The van der Waals surface area contributed by atoms with E-state index in [1.807, 2.05) is 0 Å². The molecule has 2 heterocycles. The van der Waals surface area contributed by atoms with Crippen LogP contribution in [0.2, 0.25) is 0 Å². The molecule has 4 rings (SSSR count). The van der Waals surface area contributed by atoms with Crippen LogP contribution in [0.3, 0.4) is 0 Å². The van der Waals surface area contributed by atoms with Gasteiger partial charge in [0.2, 0.25) is 0 Å². The smallest absolute Gasteiger partial charge is 0.263 e. The van der Waals surface area contributed by atoms with Gasteiger partial charge in [0.05, 0.1) is 9.79 Å². The van der Waals surface area contributed by atoms with E-state index < -0.39 is 20.0 Å². The average Bonchev–Trinajstić information content (AvgIpc) is 3.35. The van der Waals surface area contributed by atoms with Crippen molar-refractivity contribution in [3.8, 4) is 0 Å². The summed E-state index contributed by atoms with van der Waals surface area (Å²) in [5, 5.41) is 7.11. The molecule has 188 valence electrons. The maximum Gasteiger partial charge on any atom is 0.263 e. The number of hydrogen-bond donors (Lipinski definition) is 4. The average molecular weight is 525 g/mol. The minimum atomic E-state index is -3.64. The highest BCUT2D eigenvalue weighted by molar-refractivity contribution is 7.93. The summed E-state index contributed by atoms with van der Waals surface area (Å²) in [5.41, 5.74) is 12.0. The Kier molecular flexibility index (Phi) is 8.46. The highest BCUT2D eigenvalue weighted by Crippen LogP contribution is 2.18. The number of sulfonamides is 2. The molecule has 0 bridgehead atoms. The number of nitrogens with two attached hydrogens (primary N) is 2. The fourth-order valence-corrected chi connectivity index (χ4v) is 4.48. The van der Waals surface area contributed by atoms with Crippen molar-refractivity contribution in [1.82, 2.24) is 10.3 Å². The number of nitrogens with zero attached hydrogens (tertiary/aromatic N) is 2. The molecule has 0 unspecified atom stereocenters. The largest absolute Gasteiger partial charge is 0.412 e. The van der Waals surface area contributed by atoms with Crippen molar-refractivity contribution in [2.24, 2.45) is 0 Å². The minimum absolute atomic E-state index is 0. The molecular formula is C20H24N6O7S2. The standard InChI is InChI=1S/2C10H11N3O3S.H2O/c2*1-7-6-10(12-16-7)13-17(14,15)9-4-2-8(11)3-5-9;/h2*2-6H,11H2,1H3,(H,12,13);1H2. The Hall–Kier alpha value is -4.08. The highest BCUT2D eigenvalue weighted by Gasteiger charge is 2.16. The molecule has 0 aliphatic carbocycles. The van der Waals surface area contributed by atoms with Crippen LogP contribution < -0.4 is 20.9 Å². The lowest BCUT2D eigenvalue weighted by molar-refractivity contribution is 0.400. The van der Waals surface area contributed by atoms with Crippen LogP contribution in [0.25, 0.3) is 0 Å². The Morgan fingerprint density at radius 3 is 1.23 bits per heavy atom. The summed E-state index contributed by atoms with van der Waals surface area (Å²) in [4.78, 5) is 0.236. The van der Waals surface area contributed by atoms with Gasteiger partial charge < -0.3 is 26.0 Å². The van der Waals surface area contributed by atoms with Crippen LogP contribution in [0.1, 0.15) is 11.5 Å². The van der Waals surface area contributed by atoms with Crippen LogP contribution in [0.5, 0.6) is 0 Å². The number of benzene rings is 2. The summed E-state index contributed by atoms with van der Waals surface area (Å²) >= 11 is 0. The molecule has 35 heavy (non-hydrogen) atoms. The van der Waals surface area contributed by atoms with Gasteiger partial charge in [-0.3, -0.25) is 9.44 Å². The Morgan fingerprint density at radius 1 is 0.657 bits per heavy atom. The number of anilines is 4. The molecule has 0 saturated carbocycles. The predicted octanol–water partition coefficient (Wildman–Crippen LogP) is 1.91. The van der Waals surface area contributed by atoms with Gasteiger partial charge in [-0.05, 0) is 62.4 Å². The lowest BCUT2D eigenvalue weighted by Crippen LogP contribution is -2.13. The van der Waals surface area contributed by atoms with Crippen LogP contribution in [-0.2, 0) is 20.0 Å². The van der Waals surface area contributed by atoms with E-state index >= 15 is 0 Å². The normalized spacial score (nSPS) is 11.0. The maximum atomic E-state index is 11.9. The second-order valence-corrected chi connectivity index (χ2v) is 10.4. The Morgan fingerprint density at radius 2 is 0.971 bits per heavy atom. The third-order valence-corrected chi connectivity index (χ3v) is 6.86. The fourth-order valence-electron chi connectivity index (χ4n) is 2.52. The lowest BCUT2D eigenvalue weighted by atomic mass is 10.3. The zero-order valence-corrected chi connectivity index (χ0v) is 20.2. The van der Waals surface area contributed by atoms with E-state index in [2.05, 4.69) is 19.8 Å². The quantitative estimate of drug-likeness (QED) is 0.268. The van der Waals surface area contributed by atoms with E-state index in [0.717, 1.165) is 0 Å². The van der Waals surface area contributed by atoms with Gasteiger partial charge in [-0.15, -0.1) is 0 Å². The molecule has 0 aliphatic heterocycles. The molecule has 0 atom stereocenters. The monoisotopic (exact) mass is 524 g/mol. The molecule has 0 amide bonds. The van der Waals surface area contributed by atoms with Gasteiger partial charge in [0, 0.05) is 23.5 Å². The van der Waals surface area contributed by atoms with Crippen molar-refractivity contribution in [3.63, 3.8) is 0 Å². The van der Waals surface area contributed by atoms with Crippen LogP contribution in [0.15, 0.2) is 79.5 Å². The molecule has 0 saturated heterocycles. The summed E-state index contributed by atoms with van der Waals surface area (Å²) in [6.07, 6.45) is 0. The van der Waals surface area contributed by atoms with Crippen LogP contribution in [0, 0.1) is 13.8 Å². The van der Waals surface area contributed by atoms with E-state index in [0.29, 0.717) is 22.9 Å². The van der Waals surface area contributed by atoms with Crippen molar-refractivity contribution in [2.75, 3.05) is 20.9 Å². The first-order valence-corrected chi connectivity index (χ1v) is 12.5. The maximum absolute atomic E-state index is 11.9. The van der Waals surface area contributed by atoms with Gasteiger partial charge in [0.1, 0.15) is 11.5 Å². The summed E-state index contributed by atoms with van der Waals surface area (Å²) in [7, 11) is -7.29. The third kappa shape index (κ3) is 7.46. The number of aryl methyl sites for hydroxylation is 2. The minimum Gasteiger partial charge on any atom is -0.412 e. The number of nitrogens with one attached hydrogen (secondary N) is 2. The summed E-state index contributed by atoms with van der Waals surface area (Å²) in [6, 6.07) is 14.7. The molecule has 4 aromatic rings. The first-order valence-electron chi connectivity index (χ1n) is 9.58. The van der Waals surface area contributed by atoms with Gasteiger partial charge in [-0.25, -0.2) is 16.8 Å². The summed E-state index contributed by atoms with van der Waals surface area (Å²) in [6.45, 7) is 3.35. The molecular weight excluding hydrogens is 500 g/mol. The van der Waals surface area contributed by atoms with Gasteiger partial charge in [-0.2, -0.15) is 0 Å². The SMILES string of the molecule is Cc1cc(NS(=O)(=O)c2ccc(N)cc2)no1.Cc1cc(NS(=O)(=O)c2ccc(N)cc2)no1.O. The molecule has 15 heteroatoms. The van der Waals surface area contributed by atoms with Crippen molar-refractivity contribution >= 4 is 43.1 Å². The molecule has 0 radical (unpaired) electrons. The van der Waals surface area contributed by atoms with Crippen LogP contribution in [0.4, 0.5) is 23.0 Å². The van der Waals surface area contributed by atoms with E-state index in [4.69, 9.17) is 20.5 Å². The number of hydrogen-bond acceptors (Lipinski definition) is 10. The molecule has 2 aromatic heterocycles. The molecule has 13 nitrogen and oxygen atoms in total. The molecule has 8 N–H and O–H groups in total. The van der Waals surface area contributed by atoms with E-state index in [-0.39, 0.29) is 26.9 Å². The van der Waals surface area contributed by atoms with Gasteiger partial charge in [-0.1, -0.05) is 10.3 Å². The number of nitrogen functional groups attached to an aromatic ring is 2. The highest BCUT2D eigenvalue weighted by atomic mass is 32.2. The summed E-state index contributed by atoms with van der Waals surface area (Å²) < 4.78 is 61.7. The zero-order chi connectivity index (χ0) is 24.9. The Labute approximate surface area is 201 Å². The predicted molar refractivity (Wildman–Crippen MR) is 129 cm³/mol. The topological polar surface area (TPSA) is 228 Å². The Bertz CT molecular complexity index is 1350. The van der Waals surface area contributed by atoms with Gasteiger partial charge >= 0.3 is 0 Å². The van der Waals surface area contributed by atoms with Crippen LogP contribution in [-0.4, -0.2) is 32.6 Å². The first kappa shape index (κ1) is 27.2. The van der Waals surface area contributed by atoms with Crippen LogP contribution >= 0.6 is 0 Å². The van der Waals surface area contributed by atoms with Gasteiger partial charge in [0.25, 0.3) is 20.0 Å². The molecule has 0 spiro atoms. The summed E-state index contributed by atoms with van der Waals surface area (Å²) in [5.74, 6) is 1.36. The third-order valence-electron chi connectivity index (χ3n) is 4.11. The van der Waals surface area contributed by atoms with Crippen molar-refractivity contribution < 1.29 is 31.4 Å². The first-order chi connectivity index (χ1) is 15.9. The Balaban J connectivity index is 0.000000240. The number of rotatable bonds is 6. The van der Waals surface area contributed by atoms with Gasteiger partial charge in [0.15, 0.2) is 11.6 Å². The van der Waals surface area contributed by atoms with E-state index in [1.54, 1.807) is 13.8 Å². The second-order valence-electron chi connectivity index (χ2n) is 6.99. The number of aromatic nitrogens is 2. The molecule has 2 aromatic carbocycles. The second kappa shape index (κ2) is 10.9. The zero-order valence-electron chi connectivity index (χ0n) is 18.6. The van der Waals surface area contributed by atoms with E-state index in [1.165, 1.54) is 60.7 Å². The van der Waals surface area contributed by atoms with E-state index in [9.17, 15) is 16.8 Å². The van der Waals surface area contributed by atoms with Crippen molar-refractivity contribution in [2.45, 2.75) is 23.6 Å².